The number of anilines is 1. The fourth-order valence-electron chi connectivity index (χ4n) is 3.32. The third-order valence-electron chi connectivity index (χ3n) is 4.72. The Morgan fingerprint density at radius 2 is 1.95 bits per heavy atom. The minimum Gasteiger partial charge on any atom is -0.356 e. The second kappa shape index (κ2) is 5.16. The number of nitrogens with one attached hydrogen (secondary N) is 1. The number of hydrogen-bond acceptors (Lipinski definition) is 4. The molecule has 3 heterocycles. The number of hydrogen-bond donors (Lipinski definition) is 1. The molecule has 2 amide bonds. The summed E-state index contributed by atoms with van der Waals surface area (Å²) in [6.07, 6.45) is 6.40. The Balaban J connectivity index is 1.40. The molecule has 0 unspecified atom stereocenters. The number of piperidine rings is 1. The zero-order valence-corrected chi connectivity index (χ0v) is 12.2. The molecule has 1 aromatic rings. The van der Waals surface area contributed by atoms with Crippen molar-refractivity contribution in [2.24, 2.45) is 0 Å². The number of aromatic nitrogens is 2. The third kappa shape index (κ3) is 2.54. The lowest BCUT2D eigenvalue weighted by molar-refractivity contribution is 0.186. The Kier molecular flexibility index (Phi) is 3.16. The summed E-state index contributed by atoms with van der Waals surface area (Å²) < 4.78 is 0. The van der Waals surface area contributed by atoms with Crippen LogP contribution >= 0.6 is 0 Å². The molecule has 3 fully saturated rings. The molecule has 0 radical (unpaired) electrons. The van der Waals surface area contributed by atoms with E-state index in [1.165, 1.54) is 12.8 Å². The molecule has 6 nitrogen and oxygen atoms in total. The van der Waals surface area contributed by atoms with Gasteiger partial charge in [-0.05, 0) is 31.7 Å². The number of urea groups is 1. The molecule has 4 rings (SSSR count). The number of carbonyl (C=O) groups excluding carboxylic acids is 1. The lowest BCUT2D eigenvalue weighted by Gasteiger charge is -2.36. The molecule has 1 aliphatic carbocycles. The SMILES string of the molecule is O=C1NCCN1C1CCN(c2ccnc(C3CC3)n2)CC1. The van der Waals surface area contributed by atoms with Gasteiger partial charge in [-0.1, -0.05) is 0 Å². The first-order chi connectivity index (χ1) is 10.3. The van der Waals surface area contributed by atoms with Crippen LogP contribution in [0.1, 0.15) is 37.4 Å². The van der Waals surface area contributed by atoms with E-state index in [9.17, 15) is 4.79 Å². The first-order valence-electron chi connectivity index (χ1n) is 7.93. The van der Waals surface area contributed by atoms with Crippen molar-refractivity contribution in [3.8, 4) is 0 Å². The lowest BCUT2D eigenvalue weighted by Crippen LogP contribution is -2.46. The molecule has 1 N–H and O–H groups in total. The van der Waals surface area contributed by atoms with Crippen molar-refractivity contribution in [2.45, 2.75) is 37.6 Å². The maximum Gasteiger partial charge on any atom is 0.317 e. The topological polar surface area (TPSA) is 61.4 Å². The van der Waals surface area contributed by atoms with Gasteiger partial charge in [0.15, 0.2) is 0 Å². The minimum atomic E-state index is 0.103. The molecule has 21 heavy (non-hydrogen) atoms. The fraction of sp³-hybridized carbons (Fsp3) is 0.667. The predicted octanol–water partition coefficient (Wildman–Crippen LogP) is 1.35. The average molecular weight is 287 g/mol. The summed E-state index contributed by atoms with van der Waals surface area (Å²) in [4.78, 5) is 25.2. The van der Waals surface area contributed by atoms with Crippen molar-refractivity contribution in [1.82, 2.24) is 20.2 Å². The molecular weight excluding hydrogens is 266 g/mol. The monoisotopic (exact) mass is 287 g/mol. The van der Waals surface area contributed by atoms with E-state index >= 15 is 0 Å². The number of carbonyl (C=O) groups is 1. The summed E-state index contributed by atoms with van der Waals surface area (Å²) >= 11 is 0. The first-order valence-corrected chi connectivity index (χ1v) is 7.93. The van der Waals surface area contributed by atoms with Crippen LogP contribution in [-0.4, -0.2) is 53.1 Å². The quantitative estimate of drug-likeness (QED) is 0.911. The molecule has 2 saturated heterocycles. The zero-order chi connectivity index (χ0) is 14.2. The molecule has 6 heteroatoms. The summed E-state index contributed by atoms with van der Waals surface area (Å²) in [5.74, 6) is 2.65. The molecule has 0 atom stereocenters. The standard InChI is InChI=1S/C15H21N5O/c21-15-17-7-10-20(15)12-4-8-19(9-5-12)13-3-6-16-14(18-13)11-1-2-11/h3,6,11-12H,1-2,4-5,7-10H2,(H,17,21). The summed E-state index contributed by atoms with van der Waals surface area (Å²) in [7, 11) is 0. The van der Waals surface area contributed by atoms with Gasteiger partial charge in [-0.3, -0.25) is 0 Å². The van der Waals surface area contributed by atoms with Gasteiger partial charge in [0, 0.05) is 44.3 Å². The number of amides is 2. The van der Waals surface area contributed by atoms with Crippen LogP contribution in [0, 0.1) is 0 Å². The van der Waals surface area contributed by atoms with E-state index in [0.717, 1.165) is 50.7 Å². The van der Waals surface area contributed by atoms with Gasteiger partial charge in [-0.15, -0.1) is 0 Å². The van der Waals surface area contributed by atoms with Crippen molar-refractivity contribution in [3.63, 3.8) is 0 Å². The van der Waals surface area contributed by atoms with Crippen LogP contribution in [0.3, 0.4) is 0 Å². The maximum atomic E-state index is 11.7. The Hall–Kier alpha value is -1.85. The Labute approximate surface area is 124 Å². The Bertz CT molecular complexity index is 537. The van der Waals surface area contributed by atoms with Crippen LogP contribution in [0.25, 0.3) is 0 Å². The molecule has 0 aromatic carbocycles. The van der Waals surface area contributed by atoms with Gasteiger partial charge in [0.2, 0.25) is 0 Å². The van der Waals surface area contributed by atoms with Gasteiger partial charge < -0.3 is 15.1 Å². The zero-order valence-electron chi connectivity index (χ0n) is 12.2. The van der Waals surface area contributed by atoms with Crippen molar-refractivity contribution in [1.29, 1.82) is 0 Å². The predicted molar refractivity (Wildman–Crippen MR) is 79.3 cm³/mol. The van der Waals surface area contributed by atoms with E-state index in [2.05, 4.69) is 15.2 Å². The molecule has 1 aromatic heterocycles. The van der Waals surface area contributed by atoms with Crippen molar-refractivity contribution >= 4 is 11.8 Å². The molecule has 0 bridgehead atoms. The van der Waals surface area contributed by atoms with Gasteiger partial charge in [-0.2, -0.15) is 0 Å². The Morgan fingerprint density at radius 1 is 1.14 bits per heavy atom. The first kappa shape index (κ1) is 12.9. The summed E-state index contributed by atoms with van der Waals surface area (Å²) in [6, 6.07) is 2.49. The van der Waals surface area contributed by atoms with Crippen molar-refractivity contribution in [3.05, 3.63) is 18.1 Å². The molecule has 2 aliphatic heterocycles. The molecule has 3 aliphatic rings. The minimum absolute atomic E-state index is 0.103. The highest BCUT2D eigenvalue weighted by Gasteiger charge is 2.31. The van der Waals surface area contributed by atoms with E-state index in [4.69, 9.17) is 4.98 Å². The molecule has 0 spiro atoms. The van der Waals surface area contributed by atoms with Crippen molar-refractivity contribution < 1.29 is 4.79 Å². The smallest absolute Gasteiger partial charge is 0.317 e. The number of nitrogens with zero attached hydrogens (tertiary/aromatic N) is 4. The average Bonchev–Trinajstić information content (AvgIpc) is 3.30. The van der Waals surface area contributed by atoms with E-state index in [1.807, 2.05) is 17.2 Å². The summed E-state index contributed by atoms with van der Waals surface area (Å²) in [5, 5.41) is 2.89. The molecule has 112 valence electrons. The normalized spacial score (nSPS) is 23.5. The second-order valence-corrected chi connectivity index (χ2v) is 6.19. The summed E-state index contributed by atoms with van der Waals surface area (Å²) in [5.41, 5.74) is 0. The van der Waals surface area contributed by atoms with Crippen LogP contribution in [0.2, 0.25) is 0 Å². The van der Waals surface area contributed by atoms with E-state index in [0.29, 0.717) is 12.0 Å². The van der Waals surface area contributed by atoms with E-state index in [-0.39, 0.29) is 6.03 Å². The van der Waals surface area contributed by atoms with Crippen LogP contribution < -0.4 is 10.2 Å². The van der Waals surface area contributed by atoms with Crippen molar-refractivity contribution in [2.75, 3.05) is 31.1 Å². The highest BCUT2D eigenvalue weighted by atomic mass is 16.2. The van der Waals surface area contributed by atoms with Gasteiger partial charge in [-0.25, -0.2) is 14.8 Å². The maximum absolute atomic E-state index is 11.7. The molecule has 1 saturated carbocycles. The largest absolute Gasteiger partial charge is 0.356 e. The Morgan fingerprint density at radius 3 is 2.62 bits per heavy atom. The van der Waals surface area contributed by atoms with Gasteiger partial charge in [0.25, 0.3) is 0 Å². The van der Waals surface area contributed by atoms with Gasteiger partial charge in [0.05, 0.1) is 0 Å². The van der Waals surface area contributed by atoms with E-state index < -0.39 is 0 Å². The number of rotatable bonds is 3. The third-order valence-corrected chi connectivity index (χ3v) is 4.72. The van der Waals surface area contributed by atoms with Gasteiger partial charge >= 0.3 is 6.03 Å². The summed E-state index contributed by atoms with van der Waals surface area (Å²) in [6.45, 7) is 3.57. The lowest BCUT2D eigenvalue weighted by atomic mass is 10.0. The van der Waals surface area contributed by atoms with Gasteiger partial charge in [0.1, 0.15) is 11.6 Å². The highest BCUT2D eigenvalue weighted by Crippen LogP contribution is 2.38. The van der Waals surface area contributed by atoms with Crippen LogP contribution in [0.5, 0.6) is 0 Å². The second-order valence-electron chi connectivity index (χ2n) is 6.19. The van der Waals surface area contributed by atoms with Crippen LogP contribution in [-0.2, 0) is 0 Å². The highest BCUT2D eigenvalue weighted by molar-refractivity contribution is 5.76. The van der Waals surface area contributed by atoms with Crippen LogP contribution in [0.15, 0.2) is 12.3 Å². The molecular formula is C15H21N5O. The van der Waals surface area contributed by atoms with E-state index in [1.54, 1.807) is 0 Å². The fourth-order valence-corrected chi connectivity index (χ4v) is 3.32. The van der Waals surface area contributed by atoms with Crippen LogP contribution in [0.4, 0.5) is 10.6 Å².